The number of ether oxygens (including phenoxy) is 2. The number of hydrogen-bond donors (Lipinski definition) is 0. The van der Waals surface area contributed by atoms with Crippen LogP contribution in [-0.4, -0.2) is 13.1 Å². The van der Waals surface area contributed by atoms with E-state index < -0.39 is 11.8 Å². The smallest absolute Gasteiger partial charge is 0.331 e. The van der Waals surface area contributed by atoms with Gasteiger partial charge in [0.2, 0.25) is 0 Å². The molecule has 0 saturated carbocycles. The molecule has 0 fully saturated rings. The highest BCUT2D eigenvalue weighted by Crippen LogP contribution is 2.22. The van der Waals surface area contributed by atoms with Gasteiger partial charge < -0.3 is 9.47 Å². The van der Waals surface area contributed by atoms with Crippen LogP contribution in [0.2, 0.25) is 5.02 Å². The molecule has 5 heteroatoms. The van der Waals surface area contributed by atoms with Crippen molar-refractivity contribution in [3.05, 3.63) is 70.0 Å². The molecule has 23 heavy (non-hydrogen) atoms. The summed E-state index contributed by atoms with van der Waals surface area (Å²) in [5, 5.41) is 0.231. The highest BCUT2D eigenvalue weighted by Gasteiger charge is 2.07. The van der Waals surface area contributed by atoms with Crippen LogP contribution < -0.4 is 4.74 Å². The lowest BCUT2D eigenvalue weighted by molar-refractivity contribution is -0.138. The molecule has 2 aromatic carbocycles. The normalized spacial score (nSPS) is 10.8. The van der Waals surface area contributed by atoms with Crippen LogP contribution >= 0.6 is 11.6 Å². The van der Waals surface area contributed by atoms with Gasteiger partial charge in [0.15, 0.2) is 0 Å². The summed E-state index contributed by atoms with van der Waals surface area (Å²) in [6, 6.07) is 9.92. The zero-order valence-electron chi connectivity index (χ0n) is 12.8. The van der Waals surface area contributed by atoms with E-state index >= 15 is 0 Å². The quantitative estimate of drug-likeness (QED) is 0.594. The second kappa shape index (κ2) is 7.79. The van der Waals surface area contributed by atoms with Gasteiger partial charge in [-0.2, -0.15) is 0 Å². The molecule has 0 amide bonds. The number of halogens is 2. The number of benzene rings is 2. The minimum Gasteiger partial charge on any atom is -0.496 e. The van der Waals surface area contributed by atoms with Crippen molar-refractivity contribution in [2.45, 2.75) is 13.5 Å². The van der Waals surface area contributed by atoms with Crippen LogP contribution in [0.4, 0.5) is 4.39 Å². The Hall–Kier alpha value is -2.33. The molecule has 2 aromatic rings. The van der Waals surface area contributed by atoms with Crippen molar-refractivity contribution in [1.82, 2.24) is 0 Å². The van der Waals surface area contributed by atoms with E-state index in [9.17, 15) is 9.18 Å². The minimum absolute atomic E-state index is 0.0685. The first-order valence-corrected chi connectivity index (χ1v) is 7.31. The Morgan fingerprint density at radius 3 is 2.78 bits per heavy atom. The Kier molecular flexibility index (Phi) is 5.77. The molecule has 0 atom stereocenters. The Labute approximate surface area is 139 Å². The van der Waals surface area contributed by atoms with E-state index in [-0.39, 0.29) is 17.2 Å². The highest BCUT2D eigenvalue weighted by molar-refractivity contribution is 6.32. The maximum absolute atomic E-state index is 13.6. The van der Waals surface area contributed by atoms with Crippen LogP contribution in [0.5, 0.6) is 5.75 Å². The molecule has 2 rings (SSSR count). The summed E-state index contributed by atoms with van der Waals surface area (Å²) in [6.07, 6.45) is 2.44. The summed E-state index contributed by atoms with van der Waals surface area (Å²) in [7, 11) is 1.55. The molecule has 0 heterocycles. The second-order valence-electron chi connectivity index (χ2n) is 4.89. The predicted molar refractivity (Wildman–Crippen MR) is 88.0 cm³/mol. The number of carbonyl (C=O) groups excluding carboxylic acids is 1. The summed E-state index contributed by atoms with van der Waals surface area (Å²) in [5.41, 5.74) is 1.95. The lowest BCUT2D eigenvalue weighted by atomic mass is 10.1. The third-order valence-corrected chi connectivity index (χ3v) is 3.52. The molecule has 0 radical (unpaired) electrons. The first kappa shape index (κ1) is 17.0. The molecule has 0 aliphatic rings. The second-order valence-corrected chi connectivity index (χ2v) is 5.30. The van der Waals surface area contributed by atoms with Crippen molar-refractivity contribution in [3.63, 3.8) is 0 Å². The van der Waals surface area contributed by atoms with Gasteiger partial charge in [-0.1, -0.05) is 29.3 Å². The van der Waals surface area contributed by atoms with E-state index in [0.717, 1.165) is 17.2 Å². The molecular weight excluding hydrogens is 319 g/mol. The van der Waals surface area contributed by atoms with Gasteiger partial charge in [0, 0.05) is 17.2 Å². The first-order chi connectivity index (χ1) is 11.0. The molecule has 0 aromatic heterocycles. The Bertz CT molecular complexity index is 721. The van der Waals surface area contributed by atoms with Gasteiger partial charge in [-0.05, 0) is 37.3 Å². The van der Waals surface area contributed by atoms with Gasteiger partial charge in [-0.15, -0.1) is 0 Å². The van der Waals surface area contributed by atoms with Crippen molar-refractivity contribution in [2.24, 2.45) is 0 Å². The standard InChI is InChI=1S/C18H16ClFO3/c1-12-6-8-17(22-2)13(10-12)11-23-18(21)9-7-14-15(19)4-3-5-16(14)20/h3-10H,11H2,1-2H3/b9-7+. The van der Waals surface area contributed by atoms with E-state index in [1.165, 1.54) is 18.2 Å². The van der Waals surface area contributed by atoms with Gasteiger partial charge in [0.25, 0.3) is 0 Å². The fourth-order valence-corrected chi connectivity index (χ4v) is 2.26. The molecule has 0 aliphatic heterocycles. The van der Waals surface area contributed by atoms with Crippen molar-refractivity contribution in [2.75, 3.05) is 7.11 Å². The fourth-order valence-electron chi connectivity index (χ4n) is 2.04. The van der Waals surface area contributed by atoms with Crippen molar-refractivity contribution in [1.29, 1.82) is 0 Å². The van der Waals surface area contributed by atoms with Crippen LogP contribution in [-0.2, 0) is 16.1 Å². The highest BCUT2D eigenvalue weighted by atomic mass is 35.5. The van der Waals surface area contributed by atoms with Gasteiger partial charge in [-0.25, -0.2) is 9.18 Å². The lowest BCUT2D eigenvalue weighted by Crippen LogP contribution is -2.02. The molecule has 3 nitrogen and oxygen atoms in total. The number of methoxy groups -OCH3 is 1. The predicted octanol–water partition coefficient (Wildman–Crippen LogP) is 4.55. The van der Waals surface area contributed by atoms with Crippen LogP contribution in [0.25, 0.3) is 6.08 Å². The molecular formula is C18H16ClFO3. The Morgan fingerprint density at radius 2 is 2.09 bits per heavy atom. The van der Waals surface area contributed by atoms with Crippen molar-refractivity contribution < 1.29 is 18.7 Å². The molecule has 0 N–H and O–H groups in total. The molecule has 0 saturated heterocycles. The number of aryl methyl sites for hydroxylation is 1. The topological polar surface area (TPSA) is 35.5 Å². The number of hydrogen-bond acceptors (Lipinski definition) is 3. The molecule has 0 spiro atoms. The largest absolute Gasteiger partial charge is 0.496 e. The maximum Gasteiger partial charge on any atom is 0.331 e. The lowest BCUT2D eigenvalue weighted by Gasteiger charge is -2.09. The monoisotopic (exact) mass is 334 g/mol. The first-order valence-electron chi connectivity index (χ1n) is 6.93. The molecule has 0 unspecified atom stereocenters. The van der Waals surface area contributed by atoms with E-state index in [1.807, 2.05) is 25.1 Å². The SMILES string of the molecule is COc1ccc(C)cc1COC(=O)/C=C/c1c(F)cccc1Cl. The van der Waals surface area contributed by atoms with Gasteiger partial charge in [0.1, 0.15) is 18.2 Å². The molecule has 0 aliphatic carbocycles. The van der Waals surface area contributed by atoms with Crippen LogP contribution in [0.3, 0.4) is 0 Å². The van der Waals surface area contributed by atoms with Crippen molar-refractivity contribution in [3.8, 4) is 5.75 Å². The van der Waals surface area contributed by atoms with Crippen LogP contribution in [0, 0.1) is 12.7 Å². The van der Waals surface area contributed by atoms with E-state index in [0.29, 0.717) is 5.75 Å². The van der Waals surface area contributed by atoms with Crippen LogP contribution in [0.1, 0.15) is 16.7 Å². The van der Waals surface area contributed by atoms with E-state index in [1.54, 1.807) is 13.2 Å². The van der Waals surface area contributed by atoms with Gasteiger partial charge in [0.05, 0.1) is 12.1 Å². The Morgan fingerprint density at radius 1 is 1.30 bits per heavy atom. The Balaban J connectivity index is 2.03. The minimum atomic E-state index is -0.590. The summed E-state index contributed by atoms with van der Waals surface area (Å²) >= 11 is 5.88. The average Bonchev–Trinajstić information content (AvgIpc) is 2.52. The summed E-state index contributed by atoms with van der Waals surface area (Å²) in [6.45, 7) is 2.00. The molecule has 0 bridgehead atoms. The number of carbonyl (C=O) groups is 1. The fraction of sp³-hybridized carbons (Fsp3) is 0.167. The van der Waals surface area contributed by atoms with Crippen molar-refractivity contribution >= 4 is 23.6 Å². The number of esters is 1. The third-order valence-electron chi connectivity index (χ3n) is 3.19. The zero-order valence-corrected chi connectivity index (χ0v) is 13.6. The zero-order chi connectivity index (χ0) is 16.8. The van der Waals surface area contributed by atoms with Gasteiger partial charge in [-0.3, -0.25) is 0 Å². The third kappa shape index (κ3) is 4.57. The maximum atomic E-state index is 13.6. The van der Waals surface area contributed by atoms with Crippen LogP contribution in [0.15, 0.2) is 42.5 Å². The number of rotatable bonds is 5. The average molecular weight is 335 g/mol. The van der Waals surface area contributed by atoms with E-state index in [4.69, 9.17) is 21.1 Å². The summed E-state index contributed by atoms with van der Waals surface area (Å²) in [5.74, 6) is -0.445. The van der Waals surface area contributed by atoms with Gasteiger partial charge >= 0.3 is 5.97 Å². The summed E-state index contributed by atoms with van der Waals surface area (Å²) < 4.78 is 24.0. The summed E-state index contributed by atoms with van der Waals surface area (Å²) in [4.78, 5) is 11.8. The van der Waals surface area contributed by atoms with E-state index in [2.05, 4.69) is 0 Å². The molecule has 120 valence electrons.